The summed E-state index contributed by atoms with van der Waals surface area (Å²) in [7, 11) is 0. The van der Waals surface area contributed by atoms with E-state index in [0.29, 0.717) is 24.3 Å². The van der Waals surface area contributed by atoms with E-state index in [4.69, 9.17) is 5.73 Å². The Hall–Kier alpha value is -3.60. The number of nitro groups is 1. The Kier molecular flexibility index (Phi) is 10.6. The zero-order valence-corrected chi connectivity index (χ0v) is 23.7. The number of carbonyl (C=O) groups is 2. The van der Waals surface area contributed by atoms with Crippen LogP contribution in [0.4, 0.5) is 17.1 Å². The van der Waals surface area contributed by atoms with Gasteiger partial charge in [0.25, 0.3) is 11.6 Å². The topological polar surface area (TPSA) is 142 Å². The molecule has 0 bridgehead atoms. The van der Waals surface area contributed by atoms with E-state index in [1.807, 2.05) is 0 Å². The van der Waals surface area contributed by atoms with Gasteiger partial charge in [0.15, 0.2) is 0 Å². The number of nitrogens with one attached hydrogen (secondary N) is 1. The zero-order valence-electron chi connectivity index (χ0n) is 23.7. The SMILES string of the molecule is CCCCCCCCCCC(O)[C@H]1C=C[C@H]2C(=O)N(c3ccc(CN)cc3)C(=O)[C@H]2N1Nc1ccc([N+](=O)[O-])cc1. The van der Waals surface area contributed by atoms with Gasteiger partial charge in [-0.25, -0.2) is 9.91 Å². The highest BCUT2D eigenvalue weighted by Crippen LogP contribution is 2.36. The van der Waals surface area contributed by atoms with Crippen LogP contribution >= 0.6 is 0 Å². The Bertz CT molecular complexity index is 1220. The van der Waals surface area contributed by atoms with E-state index in [2.05, 4.69) is 12.3 Å². The van der Waals surface area contributed by atoms with Crippen molar-refractivity contribution in [3.05, 3.63) is 76.4 Å². The van der Waals surface area contributed by atoms with Gasteiger partial charge in [0.05, 0.1) is 28.7 Å². The number of aliphatic hydroxyl groups excluding tert-OH is 1. The van der Waals surface area contributed by atoms with Crippen molar-refractivity contribution in [1.29, 1.82) is 0 Å². The highest BCUT2D eigenvalue weighted by Gasteiger charge is 2.54. The van der Waals surface area contributed by atoms with Crippen LogP contribution in [-0.4, -0.2) is 45.0 Å². The first kappa shape index (κ1) is 30.4. The van der Waals surface area contributed by atoms with Gasteiger partial charge < -0.3 is 16.3 Å². The van der Waals surface area contributed by atoms with Crippen molar-refractivity contribution in [3.63, 3.8) is 0 Å². The lowest BCUT2D eigenvalue weighted by Gasteiger charge is -2.40. The molecule has 2 aliphatic heterocycles. The first-order valence-electron chi connectivity index (χ1n) is 14.7. The Morgan fingerprint density at radius 2 is 1.56 bits per heavy atom. The molecule has 2 aromatic carbocycles. The number of amides is 2. The number of unbranched alkanes of at least 4 members (excludes halogenated alkanes) is 7. The van der Waals surface area contributed by atoms with Gasteiger partial charge in [-0.1, -0.05) is 82.6 Å². The molecular formula is C31H41N5O5. The monoisotopic (exact) mass is 563 g/mol. The van der Waals surface area contributed by atoms with E-state index >= 15 is 0 Å². The lowest BCUT2D eigenvalue weighted by atomic mass is 9.91. The van der Waals surface area contributed by atoms with Crippen LogP contribution in [0.1, 0.15) is 70.3 Å². The van der Waals surface area contributed by atoms with Gasteiger partial charge in [-0.15, -0.1) is 0 Å². The number of imide groups is 1. The molecule has 220 valence electrons. The van der Waals surface area contributed by atoms with Gasteiger partial charge >= 0.3 is 0 Å². The average molecular weight is 564 g/mol. The summed E-state index contributed by atoms with van der Waals surface area (Å²) >= 11 is 0. The number of rotatable bonds is 15. The third-order valence-corrected chi connectivity index (χ3v) is 7.97. The minimum absolute atomic E-state index is 0.0579. The molecule has 1 unspecified atom stereocenters. The molecule has 4 N–H and O–H groups in total. The molecule has 0 aliphatic carbocycles. The lowest BCUT2D eigenvalue weighted by molar-refractivity contribution is -0.384. The highest BCUT2D eigenvalue weighted by molar-refractivity contribution is 6.24. The molecule has 10 heteroatoms. The van der Waals surface area contributed by atoms with Crippen LogP contribution < -0.4 is 16.1 Å². The fourth-order valence-corrected chi connectivity index (χ4v) is 5.63. The van der Waals surface area contributed by atoms with E-state index in [1.54, 1.807) is 53.6 Å². The third kappa shape index (κ3) is 7.19. The number of aliphatic hydroxyl groups is 1. The Morgan fingerprint density at radius 3 is 2.17 bits per heavy atom. The van der Waals surface area contributed by atoms with Crippen LogP contribution in [-0.2, 0) is 16.1 Å². The van der Waals surface area contributed by atoms with Gasteiger partial charge in [-0.2, -0.15) is 0 Å². The molecule has 2 heterocycles. The quantitative estimate of drug-likeness (QED) is 0.0896. The number of nitrogens with two attached hydrogens (primary N) is 1. The summed E-state index contributed by atoms with van der Waals surface area (Å²) < 4.78 is 0. The molecule has 4 rings (SSSR count). The van der Waals surface area contributed by atoms with Crippen LogP contribution in [0.3, 0.4) is 0 Å². The molecule has 1 fully saturated rings. The van der Waals surface area contributed by atoms with Gasteiger partial charge in [0.2, 0.25) is 5.91 Å². The smallest absolute Gasteiger partial charge is 0.269 e. The van der Waals surface area contributed by atoms with E-state index < -0.39 is 34.9 Å². The summed E-state index contributed by atoms with van der Waals surface area (Å²) in [6.45, 7) is 2.55. The summed E-state index contributed by atoms with van der Waals surface area (Å²) in [6.07, 6.45) is 12.5. The maximum absolute atomic E-state index is 13.8. The van der Waals surface area contributed by atoms with Crippen molar-refractivity contribution in [2.45, 2.75) is 89.4 Å². The van der Waals surface area contributed by atoms with Gasteiger partial charge in [-0.3, -0.25) is 19.7 Å². The Balaban J connectivity index is 1.52. The summed E-state index contributed by atoms with van der Waals surface area (Å²) in [5, 5.41) is 24.1. The Morgan fingerprint density at radius 1 is 0.927 bits per heavy atom. The number of nitrogens with zero attached hydrogens (tertiary/aromatic N) is 3. The zero-order chi connectivity index (χ0) is 29.4. The van der Waals surface area contributed by atoms with Crippen molar-refractivity contribution < 1.29 is 19.6 Å². The molecular weight excluding hydrogens is 522 g/mol. The number of benzene rings is 2. The minimum atomic E-state index is -0.893. The molecule has 0 saturated carbocycles. The van der Waals surface area contributed by atoms with Crippen molar-refractivity contribution in [2.24, 2.45) is 11.7 Å². The fraction of sp³-hybridized carbons (Fsp3) is 0.484. The number of nitro benzene ring substituents is 1. The maximum Gasteiger partial charge on any atom is 0.269 e. The normalized spacial score (nSPS) is 21.2. The van der Waals surface area contributed by atoms with E-state index in [-0.39, 0.29) is 11.6 Å². The fourth-order valence-electron chi connectivity index (χ4n) is 5.63. The molecule has 2 amide bonds. The van der Waals surface area contributed by atoms with Crippen molar-refractivity contribution in [2.75, 3.05) is 10.3 Å². The molecule has 0 spiro atoms. The van der Waals surface area contributed by atoms with E-state index in [0.717, 1.165) is 24.8 Å². The molecule has 1 saturated heterocycles. The maximum atomic E-state index is 13.8. The largest absolute Gasteiger partial charge is 0.391 e. The second-order valence-corrected chi connectivity index (χ2v) is 10.9. The number of hydrogen-bond acceptors (Lipinski definition) is 8. The van der Waals surface area contributed by atoms with Crippen LogP contribution in [0, 0.1) is 16.0 Å². The van der Waals surface area contributed by atoms with Crippen LogP contribution in [0.15, 0.2) is 60.7 Å². The van der Waals surface area contributed by atoms with E-state index in [1.165, 1.54) is 49.1 Å². The second-order valence-electron chi connectivity index (χ2n) is 10.9. The number of fused-ring (bicyclic) bond motifs is 1. The summed E-state index contributed by atoms with van der Waals surface area (Å²) in [6, 6.07) is 11.4. The lowest BCUT2D eigenvalue weighted by Crippen LogP contribution is -2.57. The average Bonchev–Trinajstić information content (AvgIpc) is 3.24. The summed E-state index contributed by atoms with van der Waals surface area (Å²) in [4.78, 5) is 39.1. The van der Waals surface area contributed by atoms with Gasteiger partial charge in [-0.05, 0) is 36.2 Å². The predicted octanol–water partition coefficient (Wildman–Crippen LogP) is 5.07. The predicted molar refractivity (Wildman–Crippen MR) is 159 cm³/mol. The number of hydrazine groups is 1. The van der Waals surface area contributed by atoms with Crippen LogP contribution in [0.2, 0.25) is 0 Å². The highest BCUT2D eigenvalue weighted by atomic mass is 16.6. The first-order valence-corrected chi connectivity index (χ1v) is 14.7. The van der Waals surface area contributed by atoms with Crippen LogP contribution in [0.25, 0.3) is 0 Å². The Labute approximate surface area is 241 Å². The first-order chi connectivity index (χ1) is 19.8. The third-order valence-electron chi connectivity index (χ3n) is 7.97. The standard InChI is InChI=1S/C31H41N5O5/c1-2-3-4-5-6-7-8-9-10-28(37)27-20-19-26-29(35(27)33-23-13-17-25(18-14-23)36(40)41)31(39)34(30(26)38)24-15-11-22(21-32)12-16-24/h11-20,26-29,33,37H,2-10,21,32H2,1H3/t26-,27-,28?,29+/m1/s1. The molecule has 10 nitrogen and oxygen atoms in total. The molecule has 2 aromatic rings. The number of carbonyl (C=O) groups excluding carboxylic acids is 2. The van der Waals surface area contributed by atoms with Crippen molar-refractivity contribution in [3.8, 4) is 0 Å². The number of anilines is 2. The van der Waals surface area contributed by atoms with Crippen molar-refractivity contribution >= 4 is 28.9 Å². The molecule has 41 heavy (non-hydrogen) atoms. The number of non-ortho nitro benzene ring substituents is 1. The molecule has 4 atom stereocenters. The van der Waals surface area contributed by atoms with Crippen LogP contribution in [0.5, 0.6) is 0 Å². The number of hydrogen-bond donors (Lipinski definition) is 3. The second kappa shape index (κ2) is 14.3. The molecule has 0 aromatic heterocycles. The minimum Gasteiger partial charge on any atom is -0.391 e. The molecule has 2 aliphatic rings. The van der Waals surface area contributed by atoms with Crippen molar-refractivity contribution in [1.82, 2.24) is 5.01 Å². The summed E-state index contributed by atoms with van der Waals surface area (Å²) in [5.74, 6) is -1.49. The van der Waals surface area contributed by atoms with Gasteiger partial charge in [0.1, 0.15) is 6.04 Å². The molecule has 0 radical (unpaired) electrons. The van der Waals surface area contributed by atoms with Gasteiger partial charge in [0, 0.05) is 24.4 Å². The summed E-state index contributed by atoms with van der Waals surface area (Å²) in [5.41, 5.74) is 10.7. The van der Waals surface area contributed by atoms with E-state index in [9.17, 15) is 24.8 Å².